The molecular weight excluding hydrogens is 195 g/mol. The molecule has 6 heteroatoms. The zero-order valence-corrected chi connectivity index (χ0v) is 7.38. The van der Waals surface area contributed by atoms with Crippen molar-refractivity contribution in [2.45, 2.75) is 18.6 Å². The molecule has 3 nitrogen and oxygen atoms in total. The molecule has 0 saturated carbocycles. The van der Waals surface area contributed by atoms with Crippen LogP contribution in [0.3, 0.4) is 0 Å². The molecule has 0 spiro atoms. The molecule has 2 heterocycles. The van der Waals surface area contributed by atoms with Gasteiger partial charge in [-0.1, -0.05) is 0 Å². The average molecular weight is 205 g/mol. The SMILES string of the molecule is FC(F)(F)Cc1cnn(C2CNC2)c1. The maximum Gasteiger partial charge on any atom is 0.393 e. The van der Waals surface area contributed by atoms with E-state index in [0.717, 1.165) is 13.1 Å². The second-order valence-electron chi connectivity index (χ2n) is 3.43. The first-order valence-electron chi connectivity index (χ1n) is 4.35. The fraction of sp³-hybridized carbons (Fsp3) is 0.625. The maximum absolute atomic E-state index is 12.0. The lowest BCUT2D eigenvalue weighted by Crippen LogP contribution is -2.43. The van der Waals surface area contributed by atoms with Crippen LogP contribution in [-0.2, 0) is 6.42 Å². The summed E-state index contributed by atoms with van der Waals surface area (Å²) < 4.78 is 37.6. The van der Waals surface area contributed by atoms with Gasteiger partial charge in [-0.15, -0.1) is 0 Å². The van der Waals surface area contributed by atoms with Gasteiger partial charge in [0.05, 0.1) is 18.7 Å². The van der Waals surface area contributed by atoms with E-state index < -0.39 is 12.6 Å². The fourth-order valence-corrected chi connectivity index (χ4v) is 1.36. The van der Waals surface area contributed by atoms with E-state index >= 15 is 0 Å². The Morgan fingerprint density at radius 1 is 1.50 bits per heavy atom. The Labute approximate surface area is 78.9 Å². The van der Waals surface area contributed by atoms with Crippen LogP contribution in [0.1, 0.15) is 11.6 Å². The normalized spacial score (nSPS) is 18.2. The smallest absolute Gasteiger partial charge is 0.312 e. The molecule has 1 aliphatic heterocycles. The third-order valence-corrected chi connectivity index (χ3v) is 2.19. The molecule has 0 radical (unpaired) electrons. The van der Waals surface area contributed by atoms with Gasteiger partial charge in [-0.25, -0.2) is 0 Å². The summed E-state index contributed by atoms with van der Waals surface area (Å²) in [5.41, 5.74) is 0.226. The zero-order valence-electron chi connectivity index (χ0n) is 7.38. The van der Waals surface area contributed by atoms with Gasteiger partial charge in [0, 0.05) is 19.3 Å². The van der Waals surface area contributed by atoms with Crippen molar-refractivity contribution >= 4 is 0 Å². The molecule has 78 valence electrons. The highest BCUT2D eigenvalue weighted by molar-refractivity contribution is 5.07. The Morgan fingerprint density at radius 2 is 2.21 bits per heavy atom. The van der Waals surface area contributed by atoms with E-state index in [-0.39, 0.29) is 11.6 Å². The van der Waals surface area contributed by atoms with Crippen molar-refractivity contribution < 1.29 is 13.2 Å². The molecule has 0 amide bonds. The molecule has 14 heavy (non-hydrogen) atoms. The summed E-state index contributed by atoms with van der Waals surface area (Å²) in [6.45, 7) is 1.57. The van der Waals surface area contributed by atoms with Crippen molar-refractivity contribution in [3.8, 4) is 0 Å². The molecule has 2 rings (SSSR count). The molecule has 1 aromatic rings. The maximum atomic E-state index is 12.0. The molecule has 1 N–H and O–H groups in total. The summed E-state index contributed by atoms with van der Waals surface area (Å²) >= 11 is 0. The number of alkyl halides is 3. The summed E-state index contributed by atoms with van der Waals surface area (Å²) in [5, 5.41) is 6.93. The van der Waals surface area contributed by atoms with Gasteiger partial charge < -0.3 is 5.32 Å². The van der Waals surface area contributed by atoms with Crippen molar-refractivity contribution in [1.82, 2.24) is 15.1 Å². The van der Waals surface area contributed by atoms with Crippen molar-refractivity contribution in [3.05, 3.63) is 18.0 Å². The molecule has 1 saturated heterocycles. The van der Waals surface area contributed by atoms with Crippen LogP contribution < -0.4 is 5.32 Å². The highest BCUT2D eigenvalue weighted by atomic mass is 19.4. The molecule has 0 aromatic carbocycles. The van der Waals surface area contributed by atoms with Crippen molar-refractivity contribution in [2.75, 3.05) is 13.1 Å². The summed E-state index contributed by atoms with van der Waals surface area (Å²) in [5.74, 6) is 0. The highest BCUT2D eigenvalue weighted by Crippen LogP contribution is 2.21. The Kier molecular flexibility index (Phi) is 2.22. The van der Waals surface area contributed by atoms with Crippen LogP contribution in [-0.4, -0.2) is 29.0 Å². The molecule has 0 aliphatic carbocycles. The van der Waals surface area contributed by atoms with Crippen LogP contribution in [0.2, 0.25) is 0 Å². The summed E-state index contributed by atoms with van der Waals surface area (Å²) in [6, 6.07) is 0.219. The van der Waals surface area contributed by atoms with Gasteiger partial charge in [0.15, 0.2) is 0 Å². The number of nitrogens with one attached hydrogen (secondary N) is 1. The van der Waals surface area contributed by atoms with Gasteiger partial charge in [-0.2, -0.15) is 18.3 Å². The monoisotopic (exact) mass is 205 g/mol. The summed E-state index contributed by atoms with van der Waals surface area (Å²) in [7, 11) is 0. The first-order chi connectivity index (χ1) is 6.54. The predicted molar refractivity (Wildman–Crippen MR) is 43.9 cm³/mol. The predicted octanol–water partition coefficient (Wildman–Crippen LogP) is 1.13. The molecule has 1 fully saturated rings. The average Bonchev–Trinajstić information content (AvgIpc) is 2.28. The van der Waals surface area contributed by atoms with Gasteiger partial charge in [0.25, 0.3) is 0 Å². The highest BCUT2D eigenvalue weighted by Gasteiger charge is 2.29. The van der Waals surface area contributed by atoms with Crippen LogP contribution in [0.4, 0.5) is 13.2 Å². The van der Waals surface area contributed by atoms with Crippen LogP contribution in [0.25, 0.3) is 0 Å². The number of nitrogens with zero attached hydrogens (tertiary/aromatic N) is 2. The van der Waals surface area contributed by atoms with E-state index in [1.807, 2.05) is 0 Å². The van der Waals surface area contributed by atoms with Crippen LogP contribution in [0.15, 0.2) is 12.4 Å². The van der Waals surface area contributed by atoms with Crippen molar-refractivity contribution in [3.63, 3.8) is 0 Å². The third kappa shape index (κ3) is 2.06. The number of hydrogen-bond donors (Lipinski definition) is 1. The molecule has 0 unspecified atom stereocenters. The van der Waals surface area contributed by atoms with E-state index in [9.17, 15) is 13.2 Å². The number of hydrogen-bond acceptors (Lipinski definition) is 2. The third-order valence-electron chi connectivity index (χ3n) is 2.19. The minimum Gasteiger partial charge on any atom is -0.312 e. The Balaban J connectivity index is 2.02. The topological polar surface area (TPSA) is 29.9 Å². The first kappa shape index (κ1) is 9.51. The summed E-state index contributed by atoms with van der Waals surface area (Å²) in [6.07, 6.45) is -2.29. The standard InChI is InChI=1S/C8H10F3N3/c9-8(10,11)1-6-2-13-14(5-6)7-3-12-4-7/h2,5,7,12H,1,3-4H2. The molecule has 0 bridgehead atoms. The molecule has 1 aliphatic rings. The molecule has 0 atom stereocenters. The first-order valence-corrected chi connectivity index (χ1v) is 4.35. The van der Waals surface area contributed by atoms with E-state index in [1.54, 1.807) is 4.68 Å². The van der Waals surface area contributed by atoms with Crippen LogP contribution >= 0.6 is 0 Å². The number of rotatable bonds is 2. The van der Waals surface area contributed by atoms with Gasteiger partial charge in [-0.05, 0) is 5.56 Å². The second kappa shape index (κ2) is 3.27. The minimum atomic E-state index is -4.15. The second-order valence-corrected chi connectivity index (χ2v) is 3.43. The van der Waals surface area contributed by atoms with Gasteiger partial charge in [0.2, 0.25) is 0 Å². The van der Waals surface area contributed by atoms with Crippen LogP contribution in [0, 0.1) is 0 Å². The van der Waals surface area contributed by atoms with Crippen molar-refractivity contribution in [2.24, 2.45) is 0 Å². The Morgan fingerprint density at radius 3 is 2.71 bits per heavy atom. The minimum absolute atomic E-state index is 0.219. The Hall–Kier alpha value is -1.04. The van der Waals surface area contributed by atoms with E-state index in [4.69, 9.17) is 0 Å². The largest absolute Gasteiger partial charge is 0.393 e. The Bertz CT molecular complexity index is 314. The van der Waals surface area contributed by atoms with E-state index in [0.29, 0.717) is 0 Å². The van der Waals surface area contributed by atoms with Gasteiger partial charge in [-0.3, -0.25) is 4.68 Å². The lowest BCUT2D eigenvalue weighted by atomic mass is 10.2. The lowest BCUT2D eigenvalue weighted by molar-refractivity contribution is -0.127. The molecule has 1 aromatic heterocycles. The van der Waals surface area contributed by atoms with Crippen molar-refractivity contribution in [1.29, 1.82) is 0 Å². The van der Waals surface area contributed by atoms with Gasteiger partial charge >= 0.3 is 6.18 Å². The zero-order chi connectivity index (χ0) is 10.2. The lowest BCUT2D eigenvalue weighted by Gasteiger charge is -2.27. The molecular formula is C8H10F3N3. The van der Waals surface area contributed by atoms with Gasteiger partial charge in [0.1, 0.15) is 0 Å². The van der Waals surface area contributed by atoms with E-state index in [1.165, 1.54) is 12.4 Å². The fourth-order valence-electron chi connectivity index (χ4n) is 1.36. The quantitative estimate of drug-likeness (QED) is 0.784. The number of aromatic nitrogens is 2. The van der Waals surface area contributed by atoms with Crippen LogP contribution in [0.5, 0.6) is 0 Å². The summed E-state index contributed by atoms with van der Waals surface area (Å²) in [4.78, 5) is 0. The number of halogens is 3. The van der Waals surface area contributed by atoms with E-state index in [2.05, 4.69) is 10.4 Å².